The van der Waals surface area contributed by atoms with Crippen LogP contribution in [-0.2, 0) is 27.3 Å². The number of nitrogens with one attached hydrogen (secondary N) is 4. The number of carbonyl (C=O) groups excluding carboxylic acids is 4. The molecule has 0 saturated heterocycles. The number of carbonyl (C=O) groups is 4. The highest BCUT2D eigenvalue weighted by Crippen LogP contribution is 2.25. The number of amides is 4. The lowest BCUT2D eigenvalue weighted by Crippen LogP contribution is -2.56. The van der Waals surface area contributed by atoms with Crippen LogP contribution in [0.15, 0.2) is 89.5 Å². The number of aromatic nitrogens is 4. The summed E-state index contributed by atoms with van der Waals surface area (Å²) in [5, 5.41) is 29.9. The van der Waals surface area contributed by atoms with E-state index in [-0.39, 0.29) is 49.2 Å². The number of hydrogen-bond donors (Lipinski definition) is 5. The van der Waals surface area contributed by atoms with Crippen molar-refractivity contribution in [3.8, 4) is 28.4 Å². The number of aliphatic hydroxyl groups is 1. The summed E-state index contributed by atoms with van der Waals surface area (Å²) in [4.78, 5) is 58.8. The van der Waals surface area contributed by atoms with Crippen molar-refractivity contribution in [2.45, 2.75) is 44.9 Å². The molecule has 0 spiro atoms. The fourth-order valence-corrected chi connectivity index (χ4v) is 5.73. The quantitative estimate of drug-likeness (QED) is 0.180. The van der Waals surface area contributed by atoms with Gasteiger partial charge in [-0.1, -0.05) is 78.0 Å². The average Bonchev–Trinajstić information content (AvgIpc) is 3.76. The highest BCUT2D eigenvalue weighted by Gasteiger charge is 2.31. The van der Waals surface area contributed by atoms with Gasteiger partial charge in [0, 0.05) is 17.5 Å². The number of benzene rings is 3. The highest BCUT2D eigenvalue weighted by atomic mass is 16.5. The second-order valence-electron chi connectivity index (χ2n) is 12.2. The summed E-state index contributed by atoms with van der Waals surface area (Å²) < 4.78 is 12.6. The van der Waals surface area contributed by atoms with Crippen LogP contribution < -0.4 is 26.0 Å². The van der Waals surface area contributed by atoms with Gasteiger partial charge < -0.3 is 35.6 Å². The van der Waals surface area contributed by atoms with E-state index >= 15 is 0 Å². The fourth-order valence-electron chi connectivity index (χ4n) is 5.73. The number of aryl methyl sites for hydroxylation is 1. The lowest BCUT2D eigenvalue weighted by Gasteiger charge is -2.24. The highest BCUT2D eigenvalue weighted by molar-refractivity contribution is 6.03. The van der Waals surface area contributed by atoms with E-state index in [1.54, 1.807) is 62.4 Å². The molecule has 52 heavy (non-hydrogen) atoms. The van der Waals surface area contributed by atoms with Gasteiger partial charge in [-0.25, -0.2) is 9.67 Å². The van der Waals surface area contributed by atoms with Gasteiger partial charge in [-0.05, 0) is 31.5 Å². The smallest absolute Gasteiger partial charge is 0.257 e. The van der Waals surface area contributed by atoms with Crippen molar-refractivity contribution in [3.63, 3.8) is 0 Å². The number of fused-ring (bicyclic) bond motifs is 14. The summed E-state index contributed by atoms with van der Waals surface area (Å²) >= 11 is 0. The van der Waals surface area contributed by atoms with Gasteiger partial charge in [0.15, 0.2) is 5.82 Å². The molecule has 15 heteroatoms. The molecule has 2 aliphatic heterocycles. The zero-order valence-electron chi connectivity index (χ0n) is 28.5. The van der Waals surface area contributed by atoms with Gasteiger partial charge in [0.1, 0.15) is 53.8 Å². The first kappa shape index (κ1) is 35.5. The third-order valence-corrected chi connectivity index (χ3v) is 8.40. The summed E-state index contributed by atoms with van der Waals surface area (Å²) in [6.45, 7) is 2.71. The van der Waals surface area contributed by atoms with Gasteiger partial charge in [-0.2, -0.15) is 5.10 Å². The molecule has 3 atom stereocenters. The van der Waals surface area contributed by atoms with E-state index in [4.69, 9.17) is 9.26 Å². The lowest BCUT2D eigenvalue weighted by atomic mass is 10.0. The van der Waals surface area contributed by atoms with Crippen molar-refractivity contribution in [3.05, 3.63) is 108 Å². The summed E-state index contributed by atoms with van der Waals surface area (Å²) in [6, 6.07) is 21.7. The van der Waals surface area contributed by atoms with Gasteiger partial charge in [-0.3, -0.25) is 19.2 Å². The zero-order valence-corrected chi connectivity index (χ0v) is 28.5. The maximum Gasteiger partial charge on any atom is 0.257 e. The SMILES string of the molecule is Cc1onc(-c2ccccc2)c1C(=O)N[C@H]1Cc2ccc(cc2)OCCNC(=O)Cn2nc(-c3ccccc3)nc2[C@H](C)NC(=O)[C@H](CO)NC1=O. The van der Waals surface area contributed by atoms with E-state index in [0.29, 0.717) is 34.0 Å². The molecule has 2 bridgehead atoms. The van der Waals surface area contributed by atoms with Crippen molar-refractivity contribution in [1.29, 1.82) is 0 Å². The Morgan fingerprint density at radius 2 is 1.63 bits per heavy atom. The molecular formula is C37H38N8O7. The second-order valence-corrected chi connectivity index (χ2v) is 12.2. The van der Waals surface area contributed by atoms with E-state index in [0.717, 1.165) is 0 Å². The van der Waals surface area contributed by atoms with Crippen molar-refractivity contribution >= 4 is 23.6 Å². The van der Waals surface area contributed by atoms with Gasteiger partial charge in [0.05, 0.1) is 19.2 Å². The second kappa shape index (κ2) is 16.1. The predicted molar refractivity (Wildman–Crippen MR) is 188 cm³/mol. The number of rotatable bonds is 5. The molecule has 0 saturated carbocycles. The van der Waals surface area contributed by atoms with E-state index < -0.39 is 42.5 Å². The first-order valence-corrected chi connectivity index (χ1v) is 16.7. The molecule has 5 aromatic rings. The molecule has 7 rings (SSSR count). The number of aliphatic hydroxyl groups excluding tert-OH is 1. The Balaban J connectivity index is 1.29. The maximum atomic E-state index is 13.9. The molecule has 0 unspecified atom stereocenters. The number of ether oxygens (including phenoxy) is 1. The third-order valence-electron chi connectivity index (χ3n) is 8.40. The normalized spacial score (nSPS) is 18.7. The van der Waals surface area contributed by atoms with Gasteiger partial charge >= 0.3 is 0 Å². The van der Waals surface area contributed by atoms with Crippen molar-refractivity contribution in [2.75, 3.05) is 19.8 Å². The minimum Gasteiger partial charge on any atom is -0.492 e. The molecule has 0 aliphatic carbocycles. The Morgan fingerprint density at radius 3 is 2.33 bits per heavy atom. The van der Waals surface area contributed by atoms with Crippen LogP contribution in [0.3, 0.4) is 0 Å². The molecule has 3 aromatic carbocycles. The van der Waals surface area contributed by atoms with E-state index in [2.05, 4.69) is 36.5 Å². The van der Waals surface area contributed by atoms with Crippen LogP contribution in [0.25, 0.3) is 22.6 Å². The Hall–Kier alpha value is -6.35. The van der Waals surface area contributed by atoms with Gasteiger partial charge in [0.25, 0.3) is 5.91 Å². The molecule has 268 valence electrons. The Bertz CT molecular complexity index is 2030. The Morgan fingerprint density at radius 1 is 0.942 bits per heavy atom. The molecule has 4 heterocycles. The molecule has 0 radical (unpaired) electrons. The summed E-state index contributed by atoms with van der Waals surface area (Å²) in [5.41, 5.74) is 2.50. The first-order chi connectivity index (χ1) is 25.2. The Labute approximate surface area is 298 Å². The van der Waals surface area contributed by atoms with Crippen molar-refractivity contribution in [1.82, 2.24) is 41.2 Å². The predicted octanol–water partition coefficient (Wildman–Crippen LogP) is 2.11. The minimum atomic E-state index is -1.40. The molecule has 2 aliphatic rings. The maximum absolute atomic E-state index is 13.9. The fraction of sp³-hybridized carbons (Fsp3) is 0.270. The zero-order chi connectivity index (χ0) is 36.6. The largest absolute Gasteiger partial charge is 0.492 e. The van der Waals surface area contributed by atoms with Gasteiger partial charge in [-0.15, -0.1) is 0 Å². The molecule has 0 fully saturated rings. The minimum absolute atomic E-state index is 0.0282. The molecule has 4 amide bonds. The van der Waals surface area contributed by atoms with Crippen LogP contribution in [-0.4, -0.2) is 80.5 Å². The van der Waals surface area contributed by atoms with E-state index in [1.165, 1.54) is 4.68 Å². The lowest BCUT2D eigenvalue weighted by molar-refractivity contribution is -0.131. The van der Waals surface area contributed by atoms with Crippen LogP contribution in [0.4, 0.5) is 0 Å². The van der Waals surface area contributed by atoms with Crippen LogP contribution in [0.5, 0.6) is 5.75 Å². The molecule has 15 nitrogen and oxygen atoms in total. The summed E-state index contributed by atoms with van der Waals surface area (Å²) in [5.74, 6) is -0.979. The van der Waals surface area contributed by atoms with Crippen molar-refractivity contribution in [2.24, 2.45) is 0 Å². The summed E-state index contributed by atoms with van der Waals surface area (Å²) in [7, 11) is 0. The van der Waals surface area contributed by atoms with Crippen LogP contribution in [0.1, 0.15) is 40.5 Å². The third kappa shape index (κ3) is 8.33. The van der Waals surface area contributed by atoms with E-state index in [1.807, 2.05) is 36.4 Å². The molecular weight excluding hydrogens is 668 g/mol. The monoisotopic (exact) mass is 706 g/mol. The molecule has 2 aromatic heterocycles. The molecule has 5 N–H and O–H groups in total. The van der Waals surface area contributed by atoms with Crippen molar-refractivity contribution < 1.29 is 33.5 Å². The van der Waals surface area contributed by atoms with Crippen LogP contribution in [0, 0.1) is 6.92 Å². The number of nitrogens with zero attached hydrogens (tertiary/aromatic N) is 4. The van der Waals surface area contributed by atoms with Crippen LogP contribution in [0.2, 0.25) is 0 Å². The average molecular weight is 707 g/mol. The first-order valence-electron chi connectivity index (χ1n) is 16.7. The van der Waals surface area contributed by atoms with Crippen LogP contribution >= 0.6 is 0 Å². The number of hydrogen-bond acceptors (Lipinski definition) is 10. The standard InChI is InChI=1S/C37H38N8O7/c1-22-34-42-33(26-11-7-4-8-12-26)43-45(34)20-30(47)38-17-18-51-27-15-13-24(14-16-27)19-28(35(48)41-29(21-46)36(49)39-22)40-37(50)31-23(2)52-44-32(31)25-9-5-3-6-10-25/h3-16,22,28-29,46H,17-21H2,1-2H3,(H,38,47)(H,39,49)(H,40,50)(H,41,48)/t22-,28-,29-/m0/s1. The van der Waals surface area contributed by atoms with E-state index in [9.17, 15) is 24.3 Å². The Kier molecular flexibility index (Phi) is 11.0. The van der Waals surface area contributed by atoms with Gasteiger partial charge in [0.2, 0.25) is 17.7 Å². The topological polar surface area (TPSA) is 203 Å². The summed E-state index contributed by atoms with van der Waals surface area (Å²) in [6.07, 6.45) is 0.0282.